The first kappa shape index (κ1) is 13.4. The Hall–Kier alpha value is -0.0800. The van der Waals surface area contributed by atoms with E-state index in [-0.39, 0.29) is 5.41 Å². The highest BCUT2D eigenvalue weighted by Crippen LogP contribution is 2.35. The lowest BCUT2D eigenvalue weighted by atomic mass is 9.86. The molecule has 0 bridgehead atoms. The highest BCUT2D eigenvalue weighted by Gasteiger charge is 2.33. The Labute approximate surface area is 106 Å². The third kappa shape index (κ3) is 4.59. The Bertz CT molecular complexity index is 221. The van der Waals surface area contributed by atoms with Crippen LogP contribution in [0.4, 0.5) is 0 Å². The van der Waals surface area contributed by atoms with Crippen LogP contribution < -0.4 is 0 Å². The number of rotatable bonds is 9. The molecule has 17 heavy (non-hydrogen) atoms. The van der Waals surface area contributed by atoms with Crippen molar-refractivity contribution in [1.29, 1.82) is 0 Å². The second kappa shape index (κ2) is 5.71. The van der Waals surface area contributed by atoms with Crippen molar-refractivity contribution in [3.8, 4) is 0 Å². The smallest absolute Gasteiger partial charge is 0.0497 e. The summed E-state index contributed by atoms with van der Waals surface area (Å²) in [4.78, 5) is 2.65. The van der Waals surface area contributed by atoms with Crippen molar-refractivity contribution in [2.45, 2.75) is 52.4 Å². The van der Waals surface area contributed by atoms with Crippen LogP contribution in [-0.2, 0) is 0 Å². The van der Waals surface area contributed by atoms with E-state index in [9.17, 15) is 5.11 Å². The van der Waals surface area contributed by atoms with Crippen LogP contribution in [0.25, 0.3) is 0 Å². The van der Waals surface area contributed by atoms with E-state index in [1.54, 1.807) is 0 Å². The molecule has 0 aromatic heterocycles. The van der Waals surface area contributed by atoms with Crippen LogP contribution in [0.3, 0.4) is 0 Å². The zero-order valence-corrected chi connectivity index (χ0v) is 11.6. The van der Waals surface area contributed by atoms with Gasteiger partial charge in [0.25, 0.3) is 0 Å². The molecule has 1 atom stereocenters. The summed E-state index contributed by atoms with van der Waals surface area (Å²) in [5.74, 6) is 1.94. The van der Waals surface area contributed by atoms with E-state index < -0.39 is 0 Å². The Morgan fingerprint density at radius 2 is 1.65 bits per heavy atom. The molecule has 2 rings (SSSR count). The minimum atomic E-state index is 0.124. The van der Waals surface area contributed by atoms with Gasteiger partial charge >= 0.3 is 0 Å². The molecule has 2 aliphatic rings. The van der Waals surface area contributed by atoms with Crippen LogP contribution in [0.15, 0.2) is 0 Å². The molecule has 2 nitrogen and oxygen atoms in total. The molecule has 2 saturated carbocycles. The van der Waals surface area contributed by atoms with Gasteiger partial charge < -0.3 is 10.0 Å². The van der Waals surface area contributed by atoms with E-state index in [1.807, 2.05) is 0 Å². The lowest BCUT2D eigenvalue weighted by Gasteiger charge is -2.34. The molecule has 0 amide bonds. The molecule has 0 heterocycles. The van der Waals surface area contributed by atoms with E-state index in [2.05, 4.69) is 18.7 Å². The topological polar surface area (TPSA) is 23.5 Å². The quantitative estimate of drug-likeness (QED) is 0.669. The van der Waals surface area contributed by atoms with Crippen molar-refractivity contribution in [1.82, 2.24) is 4.90 Å². The average molecular weight is 239 g/mol. The lowest BCUT2D eigenvalue weighted by molar-refractivity contribution is 0.0753. The van der Waals surface area contributed by atoms with Crippen LogP contribution in [0.5, 0.6) is 0 Å². The van der Waals surface area contributed by atoms with Crippen LogP contribution >= 0.6 is 0 Å². The second-order valence-corrected chi connectivity index (χ2v) is 6.80. The number of aliphatic hydroxyl groups excluding tert-OH is 1. The maximum atomic E-state index is 9.64. The summed E-state index contributed by atoms with van der Waals surface area (Å²) in [5, 5.41) is 9.64. The maximum absolute atomic E-state index is 9.64. The van der Waals surface area contributed by atoms with E-state index in [1.165, 1.54) is 45.2 Å². The standard InChI is InChI=1S/C15H29NO/c1-3-8-15(2,12-17)11-16(9-13-4-5-13)10-14-6-7-14/h13-14,17H,3-12H2,1-2H3. The van der Waals surface area contributed by atoms with Crippen molar-refractivity contribution in [2.24, 2.45) is 17.3 Å². The number of hydrogen-bond donors (Lipinski definition) is 1. The van der Waals surface area contributed by atoms with Crippen LogP contribution in [-0.4, -0.2) is 36.2 Å². The Morgan fingerprint density at radius 3 is 2.00 bits per heavy atom. The minimum Gasteiger partial charge on any atom is -0.396 e. The van der Waals surface area contributed by atoms with Gasteiger partial charge in [-0.25, -0.2) is 0 Å². The number of nitrogens with zero attached hydrogens (tertiary/aromatic N) is 1. The first-order valence-corrected chi connectivity index (χ1v) is 7.48. The van der Waals surface area contributed by atoms with E-state index >= 15 is 0 Å². The second-order valence-electron chi connectivity index (χ2n) is 6.80. The highest BCUT2D eigenvalue weighted by atomic mass is 16.3. The van der Waals surface area contributed by atoms with E-state index in [0.717, 1.165) is 24.8 Å². The van der Waals surface area contributed by atoms with Gasteiger partial charge in [-0.1, -0.05) is 20.3 Å². The van der Waals surface area contributed by atoms with E-state index in [4.69, 9.17) is 0 Å². The average Bonchev–Trinajstić information content (AvgIpc) is 3.14. The third-order valence-corrected chi connectivity index (χ3v) is 4.27. The van der Waals surface area contributed by atoms with Gasteiger partial charge in [0, 0.05) is 31.7 Å². The monoisotopic (exact) mass is 239 g/mol. The molecule has 0 spiro atoms. The van der Waals surface area contributed by atoms with Gasteiger partial charge in [-0.15, -0.1) is 0 Å². The van der Waals surface area contributed by atoms with Crippen LogP contribution in [0.2, 0.25) is 0 Å². The van der Waals surface area contributed by atoms with Crippen molar-refractivity contribution in [3.05, 3.63) is 0 Å². The molecular formula is C15H29NO. The summed E-state index contributed by atoms with van der Waals surface area (Å²) >= 11 is 0. The normalized spacial score (nSPS) is 24.0. The summed E-state index contributed by atoms with van der Waals surface area (Å²) in [5.41, 5.74) is 0.124. The molecule has 2 aliphatic carbocycles. The first-order chi connectivity index (χ1) is 8.15. The fraction of sp³-hybridized carbons (Fsp3) is 1.00. The molecule has 0 radical (unpaired) electrons. The summed E-state index contributed by atoms with van der Waals surface area (Å²) in [6, 6.07) is 0. The Balaban J connectivity index is 1.83. The van der Waals surface area contributed by atoms with Gasteiger partial charge in [-0.2, -0.15) is 0 Å². The predicted molar refractivity (Wildman–Crippen MR) is 72.0 cm³/mol. The van der Waals surface area contributed by atoms with Gasteiger partial charge in [0.05, 0.1) is 0 Å². The zero-order valence-electron chi connectivity index (χ0n) is 11.6. The third-order valence-electron chi connectivity index (χ3n) is 4.27. The van der Waals surface area contributed by atoms with Gasteiger partial charge in [0.2, 0.25) is 0 Å². The lowest BCUT2D eigenvalue weighted by Crippen LogP contribution is -2.40. The Morgan fingerprint density at radius 1 is 1.12 bits per heavy atom. The zero-order chi connectivity index (χ0) is 12.3. The number of hydrogen-bond acceptors (Lipinski definition) is 2. The van der Waals surface area contributed by atoms with Gasteiger partial charge in [-0.3, -0.25) is 0 Å². The molecule has 100 valence electrons. The molecule has 0 saturated heterocycles. The van der Waals surface area contributed by atoms with Gasteiger partial charge in [-0.05, 0) is 43.9 Å². The molecule has 1 unspecified atom stereocenters. The predicted octanol–water partition coefficient (Wildman–Crippen LogP) is 2.91. The summed E-state index contributed by atoms with van der Waals surface area (Å²) < 4.78 is 0. The van der Waals surface area contributed by atoms with Crippen LogP contribution in [0, 0.1) is 17.3 Å². The summed E-state index contributed by atoms with van der Waals surface area (Å²) in [6.07, 6.45) is 8.07. The molecule has 0 aliphatic heterocycles. The molecule has 0 aromatic rings. The van der Waals surface area contributed by atoms with Crippen molar-refractivity contribution in [2.75, 3.05) is 26.2 Å². The molecule has 0 aromatic carbocycles. The van der Waals surface area contributed by atoms with E-state index in [0.29, 0.717) is 6.61 Å². The summed E-state index contributed by atoms with van der Waals surface area (Å²) in [7, 11) is 0. The van der Waals surface area contributed by atoms with Crippen molar-refractivity contribution >= 4 is 0 Å². The van der Waals surface area contributed by atoms with Crippen molar-refractivity contribution in [3.63, 3.8) is 0 Å². The first-order valence-electron chi connectivity index (χ1n) is 7.48. The SMILES string of the molecule is CCCC(C)(CO)CN(CC1CC1)CC1CC1. The fourth-order valence-corrected chi connectivity index (χ4v) is 2.89. The maximum Gasteiger partial charge on any atom is 0.0497 e. The Kier molecular flexibility index (Phi) is 4.48. The highest BCUT2D eigenvalue weighted by molar-refractivity contribution is 4.86. The number of aliphatic hydroxyl groups is 1. The molecule has 1 N–H and O–H groups in total. The molecule has 2 fully saturated rings. The molecule has 2 heteroatoms. The van der Waals surface area contributed by atoms with Crippen LogP contribution in [0.1, 0.15) is 52.4 Å². The fourth-order valence-electron chi connectivity index (χ4n) is 2.89. The largest absolute Gasteiger partial charge is 0.396 e. The van der Waals surface area contributed by atoms with Gasteiger partial charge in [0.15, 0.2) is 0 Å². The summed E-state index contributed by atoms with van der Waals surface area (Å²) in [6.45, 7) is 8.49. The minimum absolute atomic E-state index is 0.124. The van der Waals surface area contributed by atoms with Crippen molar-refractivity contribution < 1.29 is 5.11 Å². The molecular weight excluding hydrogens is 210 g/mol. The van der Waals surface area contributed by atoms with Gasteiger partial charge in [0.1, 0.15) is 0 Å².